The minimum atomic E-state index is -0.0747. The van der Waals surface area contributed by atoms with Crippen molar-refractivity contribution in [3.05, 3.63) is 47.0 Å². The lowest BCUT2D eigenvalue weighted by atomic mass is 10.1. The van der Waals surface area contributed by atoms with E-state index in [1.807, 2.05) is 18.2 Å². The van der Waals surface area contributed by atoms with Gasteiger partial charge in [0.2, 0.25) is 5.78 Å². The molecular formula is C9H6N2OS. The standard InChI is InChI=1S/C9H6N2OS/c12-9(8-6-13-11-10-8)7-4-2-1-3-5-7/h1-6H. The van der Waals surface area contributed by atoms with Gasteiger partial charge < -0.3 is 0 Å². The molecule has 1 heterocycles. The first-order valence-electron chi connectivity index (χ1n) is 3.75. The van der Waals surface area contributed by atoms with Gasteiger partial charge in [-0.05, 0) is 11.5 Å². The summed E-state index contributed by atoms with van der Waals surface area (Å²) < 4.78 is 3.64. The van der Waals surface area contributed by atoms with Gasteiger partial charge in [-0.25, -0.2) is 0 Å². The molecule has 1 aromatic heterocycles. The van der Waals surface area contributed by atoms with E-state index in [1.54, 1.807) is 17.5 Å². The second-order valence-corrected chi connectivity index (χ2v) is 3.10. The zero-order valence-electron chi connectivity index (χ0n) is 6.68. The fraction of sp³-hybridized carbons (Fsp3) is 0. The number of carbonyl (C=O) groups excluding carboxylic acids is 1. The van der Waals surface area contributed by atoms with Gasteiger partial charge in [0.1, 0.15) is 5.69 Å². The van der Waals surface area contributed by atoms with Crippen molar-refractivity contribution in [1.82, 2.24) is 9.59 Å². The number of benzene rings is 1. The zero-order chi connectivity index (χ0) is 9.10. The molecule has 2 rings (SSSR count). The average molecular weight is 190 g/mol. The van der Waals surface area contributed by atoms with Crippen LogP contribution in [0.5, 0.6) is 0 Å². The molecule has 0 saturated carbocycles. The highest BCUT2D eigenvalue weighted by Crippen LogP contribution is 2.07. The third kappa shape index (κ3) is 1.62. The summed E-state index contributed by atoms with van der Waals surface area (Å²) in [6.07, 6.45) is 0. The van der Waals surface area contributed by atoms with Crippen molar-refractivity contribution in [2.75, 3.05) is 0 Å². The molecule has 13 heavy (non-hydrogen) atoms. The van der Waals surface area contributed by atoms with Gasteiger partial charge in [0, 0.05) is 10.9 Å². The van der Waals surface area contributed by atoms with Crippen LogP contribution in [0.3, 0.4) is 0 Å². The Hall–Kier alpha value is -1.55. The second-order valence-electron chi connectivity index (χ2n) is 2.49. The molecule has 0 amide bonds. The highest BCUT2D eigenvalue weighted by Gasteiger charge is 2.10. The maximum Gasteiger partial charge on any atom is 0.214 e. The van der Waals surface area contributed by atoms with E-state index in [0.29, 0.717) is 11.3 Å². The van der Waals surface area contributed by atoms with Gasteiger partial charge in [0.05, 0.1) is 0 Å². The van der Waals surface area contributed by atoms with E-state index in [1.165, 1.54) is 11.5 Å². The topological polar surface area (TPSA) is 42.9 Å². The van der Waals surface area contributed by atoms with E-state index in [2.05, 4.69) is 9.59 Å². The Balaban J connectivity index is 2.34. The molecule has 0 atom stereocenters. The van der Waals surface area contributed by atoms with Gasteiger partial charge in [-0.2, -0.15) is 0 Å². The molecule has 0 aliphatic carbocycles. The molecule has 3 nitrogen and oxygen atoms in total. The Bertz CT molecular complexity index is 397. The van der Waals surface area contributed by atoms with Crippen LogP contribution in [0.4, 0.5) is 0 Å². The molecule has 0 radical (unpaired) electrons. The predicted octanol–water partition coefficient (Wildman–Crippen LogP) is 1.77. The lowest BCUT2D eigenvalue weighted by molar-refractivity contribution is 0.103. The van der Waals surface area contributed by atoms with Crippen LogP contribution in [0.2, 0.25) is 0 Å². The molecular weight excluding hydrogens is 184 g/mol. The second kappa shape index (κ2) is 3.45. The number of hydrogen-bond donors (Lipinski definition) is 0. The van der Waals surface area contributed by atoms with Gasteiger partial charge in [0.15, 0.2) is 0 Å². The molecule has 64 valence electrons. The zero-order valence-corrected chi connectivity index (χ0v) is 7.49. The molecule has 0 fully saturated rings. The Morgan fingerprint density at radius 2 is 2.00 bits per heavy atom. The Kier molecular flexibility index (Phi) is 2.14. The fourth-order valence-electron chi connectivity index (χ4n) is 1.00. The summed E-state index contributed by atoms with van der Waals surface area (Å²) in [6, 6.07) is 9.06. The van der Waals surface area contributed by atoms with Crippen LogP contribution < -0.4 is 0 Å². The lowest BCUT2D eigenvalue weighted by Crippen LogP contribution is -2.00. The molecule has 1 aromatic carbocycles. The maximum atomic E-state index is 11.6. The van der Waals surface area contributed by atoms with Crippen LogP contribution in [-0.2, 0) is 0 Å². The smallest absolute Gasteiger partial charge is 0.214 e. The molecule has 0 aliphatic heterocycles. The van der Waals surface area contributed by atoms with E-state index < -0.39 is 0 Å². The summed E-state index contributed by atoms with van der Waals surface area (Å²) >= 11 is 1.18. The molecule has 0 unspecified atom stereocenters. The number of nitrogens with zero attached hydrogens (tertiary/aromatic N) is 2. The van der Waals surface area contributed by atoms with Crippen molar-refractivity contribution < 1.29 is 4.79 Å². The minimum absolute atomic E-state index is 0.0747. The van der Waals surface area contributed by atoms with Crippen LogP contribution in [0.15, 0.2) is 35.7 Å². The maximum absolute atomic E-state index is 11.6. The van der Waals surface area contributed by atoms with Crippen molar-refractivity contribution >= 4 is 17.3 Å². The summed E-state index contributed by atoms with van der Waals surface area (Å²) in [6.45, 7) is 0. The van der Waals surface area contributed by atoms with E-state index >= 15 is 0 Å². The van der Waals surface area contributed by atoms with Crippen molar-refractivity contribution in [3.63, 3.8) is 0 Å². The normalized spacial score (nSPS) is 9.85. The SMILES string of the molecule is O=C(c1ccccc1)c1csnn1. The van der Waals surface area contributed by atoms with Crippen LogP contribution in [-0.4, -0.2) is 15.4 Å². The average Bonchev–Trinajstić information content (AvgIpc) is 2.71. The van der Waals surface area contributed by atoms with Crippen molar-refractivity contribution in [2.24, 2.45) is 0 Å². The largest absolute Gasteiger partial charge is 0.287 e. The predicted molar refractivity (Wildman–Crippen MR) is 49.8 cm³/mol. The fourth-order valence-corrected chi connectivity index (χ4v) is 1.44. The Morgan fingerprint density at radius 3 is 2.62 bits per heavy atom. The van der Waals surface area contributed by atoms with E-state index in [4.69, 9.17) is 0 Å². The summed E-state index contributed by atoms with van der Waals surface area (Å²) in [5.74, 6) is -0.0747. The Morgan fingerprint density at radius 1 is 1.23 bits per heavy atom. The molecule has 0 aliphatic rings. The van der Waals surface area contributed by atoms with Gasteiger partial charge >= 0.3 is 0 Å². The minimum Gasteiger partial charge on any atom is -0.287 e. The van der Waals surface area contributed by atoms with Gasteiger partial charge in [-0.15, -0.1) is 5.10 Å². The monoisotopic (exact) mass is 190 g/mol. The number of rotatable bonds is 2. The molecule has 0 saturated heterocycles. The van der Waals surface area contributed by atoms with Gasteiger partial charge in [-0.3, -0.25) is 4.79 Å². The van der Waals surface area contributed by atoms with E-state index in [-0.39, 0.29) is 5.78 Å². The number of ketones is 1. The van der Waals surface area contributed by atoms with Crippen LogP contribution in [0.25, 0.3) is 0 Å². The first kappa shape index (κ1) is 8.07. The van der Waals surface area contributed by atoms with Gasteiger partial charge in [0.25, 0.3) is 0 Å². The van der Waals surface area contributed by atoms with Crippen molar-refractivity contribution in [3.8, 4) is 0 Å². The van der Waals surface area contributed by atoms with Crippen LogP contribution >= 0.6 is 11.5 Å². The molecule has 0 spiro atoms. The third-order valence-corrected chi connectivity index (χ3v) is 2.13. The molecule has 4 heteroatoms. The quantitative estimate of drug-likeness (QED) is 0.678. The van der Waals surface area contributed by atoms with E-state index in [0.717, 1.165) is 0 Å². The lowest BCUT2D eigenvalue weighted by Gasteiger charge is -1.94. The van der Waals surface area contributed by atoms with Gasteiger partial charge in [-0.1, -0.05) is 34.8 Å². The van der Waals surface area contributed by atoms with Crippen LogP contribution in [0.1, 0.15) is 16.1 Å². The first-order valence-corrected chi connectivity index (χ1v) is 4.58. The highest BCUT2D eigenvalue weighted by molar-refractivity contribution is 7.03. The van der Waals surface area contributed by atoms with Crippen molar-refractivity contribution in [1.29, 1.82) is 0 Å². The summed E-state index contributed by atoms with van der Waals surface area (Å²) in [5, 5.41) is 5.36. The molecule has 0 bridgehead atoms. The molecule has 0 N–H and O–H groups in total. The summed E-state index contributed by atoms with van der Waals surface area (Å²) in [7, 11) is 0. The first-order chi connectivity index (χ1) is 6.38. The van der Waals surface area contributed by atoms with Crippen molar-refractivity contribution in [2.45, 2.75) is 0 Å². The number of hydrogen-bond acceptors (Lipinski definition) is 4. The third-order valence-electron chi connectivity index (χ3n) is 1.63. The Labute approximate surface area is 79.2 Å². The van der Waals surface area contributed by atoms with Crippen LogP contribution in [0, 0.1) is 0 Å². The highest BCUT2D eigenvalue weighted by atomic mass is 32.1. The summed E-state index contributed by atoms with van der Waals surface area (Å²) in [5.41, 5.74) is 1.06. The number of aromatic nitrogens is 2. The van der Waals surface area contributed by atoms with E-state index in [9.17, 15) is 4.79 Å². The molecule has 2 aromatic rings. The summed E-state index contributed by atoms with van der Waals surface area (Å²) in [4.78, 5) is 11.6. The number of carbonyl (C=O) groups is 1.